The third-order valence-corrected chi connectivity index (χ3v) is 5.80. The summed E-state index contributed by atoms with van der Waals surface area (Å²) in [5, 5.41) is 8.90. The van der Waals surface area contributed by atoms with Crippen molar-refractivity contribution in [2.75, 3.05) is 7.05 Å². The summed E-state index contributed by atoms with van der Waals surface area (Å²) in [5.41, 5.74) is -0.0408. The molecule has 1 fully saturated rings. The van der Waals surface area contributed by atoms with Gasteiger partial charge in [-0.05, 0) is 47.0 Å². The fourth-order valence-corrected chi connectivity index (χ4v) is 3.99. The van der Waals surface area contributed by atoms with E-state index in [1.807, 2.05) is 0 Å². The third kappa shape index (κ3) is 2.43. The lowest BCUT2D eigenvalue weighted by Gasteiger charge is -2.17. The van der Waals surface area contributed by atoms with Gasteiger partial charge in [0.1, 0.15) is 0 Å². The van der Waals surface area contributed by atoms with Crippen LogP contribution in [0.2, 0.25) is 0 Å². The van der Waals surface area contributed by atoms with E-state index in [0.717, 1.165) is 12.8 Å². The Morgan fingerprint density at radius 1 is 1.44 bits per heavy atom. The largest absolute Gasteiger partial charge is 0.478 e. The molecule has 0 unspecified atom stereocenters. The van der Waals surface area contributed by atoms with Crippen molar-refractivity contribution in [3.05, 3.63) is 28.2 Å². The maximum atomic E-state index is 12.3. The van der Waals surface area contributed by atoms with Gasteiger partial charge < -0.3 is 5.11 Å². The molecule has 0 aromatic heterocycles. The Morgan fingerprint density at radius 3 is 2.56 bits per heavy atom. The Labute approximate surface area is 114 Å². The average Bonchev–Trinajstić information content (AvgIpc) is 3.11. The average molecular weight is 334 g/mol. The van der Waals surface area contributed by atoms with Crippen LogP contribution in [0.5, 0.6) is 0 Å². The van der Waals surface area contributed by atoms with E-state index in [4.69, 9.17) is 5.11 Å². The molecule has 0 aliphatic heterocycles. The number of hydrogen-bond acceptors (Lipinski definition) is 3. The molecule has 2 rings (SSSR count). The summed E-state index contributed by atoms with van der Waals surface area (Å²) in [6, 6.07) is 4.02. The molecule has 0 saturated heterocycles. The summed E-state index contributed by atoms with van der Waals surface area (Å²) in [6.07, 6.45) is 1.71. The number of hydrogen-bond donors (Lipinski definition) is 1. The lowest BCUT2D eigenvalue weighted by molar-refractivity contribution is 0.0696. The summed E-state index contributed by atoms with van der Waals surface area (Å²) < 4.78 is 26.3. The van der Waals surface area contributed by atoms with E-state index in [0.29, 0.717) is 4.47 Å². The fraction of sp³-hybridized carbons (Fsp3) is 0.364. The monoisotopic (exact) mass is 333 g/mol. The van der Waals surface area contributed by atoms with Gasteiger partial charge in [0, 0.05) is 17.6 Å². The first-order chi connectivity index (χ1) is 8.34. The number of rotatable bonds is 4. The molecular formula is C11H12BrNO4S. The van der Waals surface area contributed by atoms with Crippen molar-refractivity contribution in [1.82, 2.24) is 4.31 Å². The van der Waals surface area contributed by atoms with Crippen LogP contribution in [0.25, 0.3) is 0 Å². The van der Waals surface area contributed by atoms with Crippen LogP contribution in [0.3, 0.4) is 0 Å². The second-order valence-electron chi connectivity index (χ2n) is 4.20. The summed E-state index contributed by atoms with van der Waals surface area (Å²) in [7, 11) is -2.12. The minimum Gasteiger partial charge on any atom is -0.478 e. The Hall–Kier alpha value is -0.920. The van der Waals surface area contributed by atoms with Crippen LogP contribution in [0.4, 0.5) is 0 Å². The van der Waals surface area contributed by atoms with Crippen molar-refractivity contribution >= 4 is 31.9 Å². The van der Waals surface area contributed by atoms with Gasteiger partial charge in [0.2, 0.25) is 10.0 Å². The molecule has 0 spiro atoms. The second-order valence-corrected chi connectivity index (χ2v) is 7.02. The van der Waals surface area contributed by atoms with E-state index in [-0.39, 0.29) is 16.5 Å². The number of carboxylic acid groups (broad SMARTS) is 1. The van der Waals surface area contributed by atoms with Crippen molar-refractivity contribution in [3.63, 3.8) is 0 Å². The number of nitrogens with zero attached hydrogens (tertiary/aromatic N) is 1. The smallest absolute Gasteiger partial charge is 0.335 e. The van der Waals surface area contributed by atoms with Gasteiger partial charge in [0.05, 0.1) is 10.5 Å². The lowest BCUT2D eigenvalue weighted by atomic mass is 10.2. The first-order valence-electron chi connectivity index (χ1n) is 5.35. The van der Waals surface area contributed by atoms with E-state index in [1.165, 1.54) is 29.6 Å². The van der Waals surface area contributed by atoms with Gasteiger partial charge in [-0.1, -0.05) is 0 Å². The highest BCUT2D eigenvalue weighted by Gasteiger charge is 2.36. The molecule has 1 aromatic carbocycles. The van der Waals surface area contributed by atoms with Crippen molar-refractivity contribution < 1.29 is 18.3 Å². The lowest BCUT2D eigenvalue weighted by Crippen LogP contribution is -2.29. The van der Waals surface area contributed by atoms with Gasteiger partial charge in [0.25, 0.3) is 0 Å². The van der Waals surface area contributed by atoms with Crippen LogP contribution in [0.1, 0.15) is 23.2 Å². The molecule has 1 saturated carbocycles. The van der Waals surface area contributed by atoms with Crippen molar-refractivity contribution in [1.29, 1.82) is 0 Å². The van der Waals surface area contributed by atoms with Gasteiger partial charge in [0.15, 0.2) is 0 Å². The zero-order valence-electron chi connectivity index (χ0n) is 9.63. The zero-order valence-corrected chi connectivity index (χ0v) is 12.0. The molecule has 0 radical (unpaired) electrons. The fourth-order valence-electron chi connectivity index (χ4n) is 1.62. The predicted octanol–water partition coefficient (Wildman–Crippen LogP) is 1.93. The third-order valence-electron chi connectivity index (χ3n) is 2.90. The summed E-state index contributed by atoms with van der Waals surface area (Å²) in [5.74, 6) is -1.15. The Bertz CT molecular complexity index is 595. The quantitative estimate of drug-likeness (QED) is 0.913. The molecular weight excluding hydrogens is 322 g/mol. The van der Waals surface area contributed by atoms with E-state index in [1.54, 1.807) is 0 Å². The molecule has 0 amide bonds. The topological polar surface area (TPSA) is 74.7 Å². The van der Waals surface area contributed by atoms with E-state index < -0.39 is 16.0 Å². The van der Waals surface area contributed by atoms with Gasteiger partial charge in [-0.25, -0.2) is 13.2 Å². The first-order valence-corrected chi connectivity index (χ1v) is 7.58. The molecule has 18 heavy (non-hydrogen) atoms. The molecule has 1 aliphatic rings. The van der Waals surface area contributed by atoms with Crippen molar-refractivity contribution in [2.45, 2.75) is 23.8 Å². The number of aromatic carboxylic acids is 1. The molecule has 7 heteroatoms. The van der Waals surface area contributed by atoms with Gasteiger partial charge in [-0.2, -0.15) is 4.31 Å². The number of carbonyl (C=O) groups is 1. The molecule has 1 aromatic rings. The maximum absolute atomic E-state index is 12.3. The highest BCUT2D eigenvalue weighted by molar-refractivity contribution is 9.10. The SMILES string of the molecule is CN(C1CC1)S(=O)(=O)c1cc(C(=O)O)ccc1Br. The van der Waals surface area contributed by atoms with E-state index >= 15 is 0 Å². The molecule has 0 heterocycles. The van der Waals surface area contributed by atoms with Crippen LogP contribution in [-0.2, 0) is 10.0 Å². The summed E-state index contributed by atoms with van der Waals surface area (Å²) in [6.45, 7) is 0. The minimum absolute atomic E-state index is 0.00296. The number of carboxylic acids is 1. The maximum Gasteiger partial charge on any atom is 0.335 e. The van der Waals surface area contributed by atoms with Crippen LogP contribution in [-0.4, -0.2) is 36.9 Å². The number of sulfonamides is 1. The Balaban J connectivity index is 2.48. The van der Waals surface area contributed by atoms with E-state index in [9.17, 15) is 13.2 Å². The van der Waals surface area contributed by atoms with Crippen molar-refractivity contribution in [2.24, 2.45) is 0 Å². The molecule has 0 bridgehead atoms. The highest BCUT2D eigenvalue weighted by atomic mass is 79.9. The summed E-state index contributed by atoms with van der Waals surface area (Å²) in [4.78, 5) is 10.9. The van der Waals surface area contributed by atoms with Gasteiger partial charge >= 0.3 is 5.97 Å². The Kier molecular flexibility index (Phi) is 3.48. The normalized spacial score (nSPS) is 15.9. The molecule has 5 nitrogen and oxygen atoms in total. The van der Waals surface area contributed by atoms with Crippen LogP contribution in [0, 0.1) is 0 Å². The molecule has 1 N–H and O–H groups in total. The second kappa shape index (κ2) is 4.64. The van der Waals surface area contributed by atoms with Gasteiger partial charge in [-0.15, -0.1) is 0 Å². The standard InChI is InChI=1S/C11H12BrNO4S/c1-13(8-3-4-8)18(16,17)10-6-7(11(14)15)2-5-9(10)12/h2,5-6,8H,3-4H2,1H3,(H,14,15). The number of halogens is 1. The van der Waals surface area contributed by atoms with Crippen molar-refractivity contribution in [3.8, 4) is 0 Å². The first kappa shape index (κ1) is 13.5. The highest BCUT2D eigenvalue weighted by Crippen LogP contribution is 2.33. The molecule has 0 atom stereocenters. The van der Waals surface area contributed by atoms with Crippen LogP contribution >= 0.6 is 15.9 Å². The zero-order chi connectivity index (χ0) is 13.5. The van der Waals surface area contributed by atoms with E-state index in [2.05, 4.69) is 15.9 Å². The van der Waals surface area contributed by atoms with Crippen LogP contribution in [0.15, 0.2) is 27.6 Å². The molecule has 1 aliphatic carbocycles. The van der Waals surface area contributed by atoms with Gasteiger partial charge in [-0.3, -0.25) is 0 Å². The number of benzene rings is 1. The predicted molar refractivity (Wildman–Crippen MR) is 69.1 cm³/mol. The minimum atomic E-state index is -3.64. The summed E-state index contributed by atoms with van der Waals surface area (Å²) >= 11 is 3.15. The Morgan fingerprint density at radius 2 is 2.06 bits per heavy atom. The van der Waals surface area contributed by atoms with Crippen LogP contribution < -0.4 is 0 Å². The molecule has 98 valence electrons.